The fraction of sp³-hybridized carbons (Fsp3) is 0.750. The van der Waals surface area contributed by atoms with Crippen LogP contribution in [0.4, 0.5) is 0 Å². The van der Waals surface area contributed by atoms with E-state index in [1.165, 1.54) is 0 Å². The maximum Gasteiger partial charge on any atom is 0.0863 e. The highest BCUT2D eigenvalue weighted by atomic mass is 79.9. The van der Waals surface area contributed by atoms with Gasteiger partial charge < -0.3 is 5.32 Å². The molecule has 0 aromatic carbocycles. The molecule has 98 valence electrons. The predicted octanol–water partition coefficient (Wildman–Crippen LogP) is 3.15. The van der Waals surface area contributed by atoms with E-state index in [0.717, 1.165) is 34.7 Å². The summed E-state index contributed by atoms with van der Waals surface area (Å²) in [6, 6.07) is 0.449. The minimum atomic E-state index is 0.449. The first-order valence-corrected chi connectivity index (χ1v) is 7.50. The van der Waals surface area contributed by atoms with E-state index < -0.39 is 0 Å². The molecule has 0 amide bonds. The van der Waals surface area contributed by atoms with Crippen molar-refractivity contribution < 1.29 is 0 Å². The van der Waals surface area contributed by atoms with Gasteiger partial charge in [-0.15, -0.1) is 0 Å². The van der Waals surface area contributed by atoms with Gasteiger partial charge in [0.1, 0.15) is 0 Å². The van der Waals surface area contributed by atoms with Crippen molar-refractivity contribution in [2.24, 2.45) is 13.0 Å². The van der Waals surface area contributed by atoms with Crippen molar-refractivity contribution in [3.8, 4) is 0 Å². The van der Waals surface area contributed by atoms with Gasteiger partial charge in [0.05, 0.1) is 16.4 Å². The van der Waals surface area contributed by atoms with Gasteiger partial charge in [-0.1, -0.05) is 41.4 Å². The highest BCUT2D eigenvalue weighted by Crippen LogP contribution is 2.21. The molecule has 1 N–H and O–H groups in total. The van der Waals surface area contributed by atoms with E-state index in [0.29, 0.717) is 12.0 Å². The Bertz CT molecular complexity index is 365. The molecule has 0 aliphatic heterocycles. The van der Waals surface area contributed by atoms with Crippen molar-refractivity contribution in [3.63, 3.8) is 0 Å². The Kier molecular flexibility index (Phi) is 5.97. The van der Waals surface area contributed by atoms with Crippen molar-refractivity contribution >= 4 is 27.5 Å². The van der Waals surface area contributed by atoms with E-state index >= 15 is 0 Å². The smallest absolute Gasteiger partial charge is 0.0863 e. The van der Waals surface area contributed by atoms with Crippen LogP contribution >= 0.6 is 27.5 Å². The van der Waals surface area contributed by atoms with Gasteiger partial charge in [-0.2, -0.15) is 5.10 Å². The van der Waals surface area contributed by atoms with Crippen molar-refractivity contribution in [1.82, 2.24) is 15.1 Å². The number of hydrogen-bond acceptors (Lipinski definition) is 2. The summed E-state index contributed by atoms with van der Waals surface area (Å²) < 4.78 is 1.87. The van der Waals surface area contributed by atoms with Crippen LogP contribution < -0.4 is 5.32 Å². The second-order valence-electron chi connectivity index (χ2n) is 4.49. The van der Waals surface area contributed by atoms with Crippen molar-refractivity contribution in [2.45, 2.75) is 39.8 Å². The first kappa shape index (κ1) is 15.0. The van der Waals surface area contributed by atoms with Crippen LogP contribution in [0.3, 0.4) is 0 Å². The van der Waals surface area contributed by atoms with Gasteiger partial charge in [-0.3, -0.25) is 4.68 Å². The molecule has 17 heavy (non-hydrogen) atoms. The zero-order valence-corrected chi connectivity index (χ0v) is 13.3. The van der Waals surface area contributed by atoms with Crippen molar-refractivity contribution in [1.29, 1.82) is 0 Å². The van der Waals surface area contributed by atoms with Gasteiger partial charge in [0.2, 0.25) is 0 Å². The quantitative estimate of drug-likeness (QED) is 0.815. The summed E-state index contributed by atoms with van der Waals surface area (Å²) in [7, 11) is 1.95. The summed E-state index contributed by atoms with van der Waals surface area (Å²) in [5, 5.41) is 9.71. The summed E-state index contributed by atoms with van der Waals surface area (Å²) >= 11 is 9.80. The van der Waals surface area contributed by atoms with Gasteiger partial charge in [0, 0.05) is 25.0 Å². The number of nitrogens with zero attached hydrogens (tertiary/aromatic N) is 2. The van der Waals surface area contributed by atoms with Crippen LogP contribution in [0.1, 0.15) is 32.2 Å². The number of halogens is 2. The number of alkyl halides is 1. The molecule has 3 nitrogen and oxygen atoms in total. The largest absolute Gasteiger partial charge is 0.308 e. The fourth-order valence-corrected chi connectivity index (χ4v) is 2.53. The highest BCUT2D eigenvalue weighted by molar-refractivity contribution is 9.09. The number of aromatic nitrogens is 2. The molecule has 0 aliphatic rings. The minimum Gasteiger partial charge on any atom is -0.308 e. The molecule has 1 heterocycles. The third-order valence-electron chi connectivity index (χ3n) is 3.19. The van der Waals surface area contributed by atoms with Gasteiger partial charge >= 0.3 is 0 Å². The van der Waals surface area contributed by atoms with Crippen molar-refractivity contribution in [2.75, 3.05) is 5.33 Å². The minimum absolute atomic E-state index is 0.449. The lowest BCUT2D eigenvalue weighted by Crippen LogP contribution is -2.33. The average molecular weight is 323 g/mol. The summed E-state index contributed by atoms with van der Waals surface area (Å²) in [4.78, 5) is 0. The first-order chi connectivity index (χ1) is 8.01. The fourth-order valence-electron chi connectivity index (χ4n) is 1.60. The van der Waals surface area contributed by atoms with E-state index in [9.17, 15) is 0 Å². The summed E-state index contributed by atoms with van der Waals surface area (Å²) in [5.41, 5.74) is 2.05. The molecule has 0 bridgehead atoms. The Hall–Kier alpha value is -0.0600. The van der Waals surface area contributed by atoms with Crippen LogP contribution in [0, 0.1) is 5.92 Å². The Morgan fingerprint density at radius 2 is 2.12 bits per heavy atom. The Morgan fingerprint density at radius 3 is 2.59 bits per heavy atom. The van der Waals surface area contributed by atoms with Crippen LogP contribution in [-0.4, -0.2) is 21.2 Å². The molecular weight excluding hydrogens is 302 g/mol. The molecule has 0 radical (unpaired) electrons. The van der Waals surface area contributed by atoms with Crippen LogP contribution in [0.5, 0.6) is 0 Å². The molecule has 0 saturated heterocycles. The number of rotatable bonds is 6. The standard InChI is InChI=1S/C12H21BrClN3/c1-5-10-12(14)11(17(4)16-10)7-15-9(3)8(2)6-13/h8-9,15H,5-7H2,1-4H3. The van der Waals surface area contributed by atoms with Crippen LogP contribution in [0.2, 0.25) is 5.02 Å². The topological polar surface area (TPSA) is 29.9 Å². The molecule has 2 unspecified atom stereocenters. The molecule has 5 heteroatoms. The normalized spacial score (nSPS) is 14.9. The van der Waals surface area contributed by atoms with E-state index in [1.54, 1.807) is 0 Å². The lowest BCUT2D eigenvalue weighted by Gasteiger charge is -2.19. The SMILES string of the molecule is CCc1nn(C)c(CNC(C)C(C)CBr)c1Cl. The Balaban J connectivity index is 2.66. The predicted molar refractivity (Wildman–Crippen MR) is 76.9 cm³/mol. The molecule has 0 spiro atoms. The van der Waals surface area contributed by atoms with Crippen LogP contribution in [0.25, 0.3) is 0 Å². The number of aryl methyl sites for hydroxylation is 2. The van der Waals surface area contributed by atoms with Gasteiger partial charge in [0.25, 0.3) is 0 Å². The maximum absolute atomic E-state index is 6.29. The molecule has 2 atom stereocenters. The van der Waals surface area contributed by atoms with E-state index in [1.807, 2.05) is 11.7 Å². The van der Waals surface area contributed by atoms with E-state index in [4.69, 9.17) is 11.6 Å². The zero-order chi connectivity index (χ0) is 13.0. The summed E-state index contributed by atoms with van der Waals surface area (Å²) in [6.07, 6.45) is 0.875. The molecule has 1 rings (SSSR count). The Morgan fingerprint density at radius 1 is 1.47 bits per heavy atom. The lowest BCUT2D eigenvalue weighted by molar-refractivity contribution is 0.426. The first-order valence-electron chi connectivity index (χ1n) is 6.00. The summed E-state index contributed by atoms with van der Waals surface area (Å²) in [6.45, 7) is 7.24. The molecule has 0 aliphatic carbocycles. The average Bonchev–Trinajstić information content (AvgIpc) is 2.60. The Labute approximate surface area is 117 Å². The second-order valence-corrected chi connectivity index (χ2v) is 5.51. The van der Waals surface area contributed by atoms with Gasteiger partial charge in [-0.05, 0) is 19.3 Å². The monoisotopic (exact) mass is 321 g/mol. The second kappa shape index (κ2) is 6.76. The van der Waals surface area contributed by atoms with E-state index in [2.05, 4.69) is 47.1 Å². The molecule has 1 aromatic heterocycles. The van der Waals surface area contributed by atoms with Crippen LogP contribution in [-0.2, 0) is 20.0 Å². The molecule has 1 aromatic rings. The maximum atomic E-state index is 6.29. The molecular formula is C12H21BrClN3. The van der Waals surface area contributed by atoms with Crippen LogP contribution in [0.15, 0.2) is 0 Å². The number of nitrogens with one attached hydrogen (secondary N) is 1. The molecule has 0 fully saturated rings. The third kappa shape index (κ3) is 3.70. The highest BCUT2D eigenvalue weighted by Gasteiger charge is 2.15. The summed E-state index contributed by atoms with van der Waals surface area (Å²) in [5.74, 6) is 0.590. The third-order valence-corrected chi connectivity index (χ3v) is 4.65. The van der Waals surface area contributed by atoms with E-state index in [-0.39, 0.29) is 0 Å². The lowest BCUT2D eigenvalue weighted by atomic mass is 10.1. The van der Waals surface area contributed by atoms with Gasteiger partial charge in [0.15, 0.2) is 0 Å². The molecule has 0 saturated carbocycles. The number of hydrogen-bond donors (Lipinski definition) is 1. The van der Waals surface area contributed by atoms with Crippen molar-refractivity contribution in [3.05, 3.63) is 16.4 Å². The zero-order valence-electron chi connectivity index (χ0n) is 10.9. The van der Waals surface area contributed by atoms with Gasteiger partial charge in [-0.25, -0.2) is 0 Å².